The molecule has 5 nitrogen and oxygen atoms in total. The number of carbonyl (C=O) groups excluding carboxylic acids is 1. The second-order valence-corrected chi connectivity index (χ2v) is 8.89. The lowest BCUT2D eigenvalue weighted by molar-refractivity contribution is 0.0940. The topological polar surface area (TPSA) is 75.3 Å². The Bertz CT molecular complexity index is 1120. The highest BCUT2D eigenvalue weighted by Crippen LogP contribution is 2.24. The van der Waals surface area contributed by atoms with Gasteiger partial charge in [-0.1, -0.05) is 53.5 Å². The first kappa shape index (κ1) is 21.2. The van der Waals surface area contributed by atoms with E-state index in [0.717, 1.165) is 5.56 Å². The van der Waals surface area contributed by atoms with Crippen molar-refractivity contribution in [1.29, 1.82) is 0 Å². The van der Waals surface area contributed by atoms with Crippen molar-refractivity contribution >= 4 is 44.8 Å². The van der Waals surface area contributed by atoms with Crippen molar-refractivity contribution in [3.63, 3.8) is 0 Å². The number of amides is 1. The summed E-state index contributed by atoms with van der Waals surface area (Å²) in [7, 11) is -3.83. The zero-order chi connectivity index (χ0) is 21.0. The zero-order valence-electron chi connectivity index (χ0n) is 15.4. The fourth-order valence-electron chi connectivity index (χ4n) is 2.69. The van der Waals surface area contributed by atoms with Crippen molar-refractivity contribution in [2.45, 2.75) is 17.9 Å². The van der Waals surface area contributed by atoms with Gasteiger partial charge in [-0.2, -0.15) is 0 Å². The summed E-state index contributed by atoms with van der Waals surface area (Å²) in [5, 5.41) is 3.52. The van der Waals surface area contributed by atoms with Crippen LogP contribution in [-0.2, 0) is 10.0 Å². The molecule has 0 fully saturated rings. The summed E-state index contributed by atoms with van der Waals surface area (Å²) in [5.41, 5.74) is 1.34. The highest BCUT2D eigenvalue weighted by atomic mass is 35.5. The van der Waals surface area contributed by atoms with Gasteiger partial charge < -0.3 is 5.32 Å². The first-order valence-corrected chi connectivity index (χ1v) is 10.9. The third kappa shape index (κ3) is 5.29. The van der Waals surface area contributed by atoms with Crippen LogP contribution in [0.5, 0.6) is 0 Å². The molecule has 0 saturated heterocycles. The van der Waals surface area contributed by atoms with Gasteiger partial charge in [-0.3, -0.25) is 9.52 Å². The van der Waals surface area contributed by atoms with Crippen LogP contribution in [0.4, 0.5) is 5.69 Å². The molecule has 8 heteroatoms. The Balaban J connectivity index is 1.80. The molecule has 0 bridgehead atoms. The monoisotopic (exact) mass is 448 g/mol. The Labute approximate surface area is 179 Å². The maximum Gasteiger partial charge on any atom is 0.261 e. The normalized spacial score (nSPS) is 12.2. The number of hydrogen-bond acceptors (Lipinski definition) is 3. The van der Waals surface area contributed by atoms with Gasteiger partial charge in [0.1, 0.15) is 0 Å². The summed E-state index contributed by atoms with van der Waals surface area (Å²) in [4.78, 5) is 12.7. The predicted octanol–water partition coefficient (Wildman–Crippen LogP) is 5.29. The van der Waals surface area contributed by atoms with Gasteiger partial charge in [-0.05, 0) is 55.0 Å². The molecule has 3 aromatic carbocycles. The summed E-state index contributed by atoms with van der Waals surface area (Å²) in [6, 6.07) is 19.4. The van der Waals surface area contributed by atoms with Crippen LogP contribution in [0.3, 0.4) is 0 Å². The van der Waals surface area contributed by atoms with Gasteiger partial charge in [0.15, 0.2) is 0 Å². The van der Waals surface area contributed by atoms with Crippen LogP contribution in [0.25, 0.3) is 0 Å². The molecule has 3 rings (SSSR count). The van der Waals surface area contributed by atoms with E-state index in [1.807, 2.05) is 37.3 Å². The quantitative estimate of drug-likeness (QED) is 0.537. The van der Waals surface area contributed by atoms with Gasteiger partial charge in [-0.15, -0.1) is 0 Å². The molecule has 3 aromatic rings. The first-order valence-electron chi connectivity index (χ1n) is 8.70. The SMILES string of the molecule is C[C@H](NC(=O)c1cc(NS(=O)(=O)c2ccc(Cl)cc2)ccc1Cl)c1ccccc1. The Morgan fingerprint density at radius 1 is 0.931 bits per heavy atom. The molecule has 0 aliphatic heterocycles. The molecular formula is C21H18Cl2N2O3S. The first-order chi connectivity index (χ1) is 13.8. The molecule has 2 N–H and O–H groups in total. The van der Waals surface area contributed by atoms with Crippen molar-refractivity contribution in [2.24, 2.45) is 0 Å². The van der Waals surface area contributed by atoms with Crippen molar-refractivity contribution in [3.05, 3.63) is 94.0 Å². The predicted molar refractivity (Wildman–Crippen MR) is 116 cm³/mol. The van der Waals surface area contributed by atoms with Crippen LogP contribution >= 0.6 is 23.2 Å². The molecule has 1 atom stereocenters. The minimum Gasteiger partial charge on any atom is -0.345 e. The van der Waals surface area contributed by atoms with Crippen LogP contribution in [0.15, 0.2) is 77.7 Å². The van der Waals surface area contributed by atoms with Gasteiger partial charge in [0.25, 0.3) is 15.9 Å². The summed E-state index contributed by atoms with van der Waals surface area (Å²) >= 11 is 12.0. The standard InChI is InChI=1S/C21H18Cl2N2O3S/c1-14(15-5-3-2-4-6-15)24-21(26)19-13-17(9-12-20(19)23)25-29(27,28)18-10-7-16(22)8-11-18/h2-14,25H,1H3,(H,24,26)/t14-/m0/s1. The smallest absolute Gasteiger partial charge is 0.261 e. The van der Waals surface area contributed by atoms with E-state index in [2.05, 4.69) is 10.0 Å². The summed E-state index contributed by atoms with van der Waals surface area (Å²) in [6.45, 7) is 1.86. The van der Waals surface area contributed by atoms with Crippen LogP contribution in [-0.4, -0.2) is 14.3 Å². The number of sulfonamides is 1. The number of hydrogen-bond donors (Lipinski definition) is 2. The lowest BCUT2D eigenvalue weighted by Crippen LogP contribution is -2.27. The molecular weight excluding hydrogens is 431 g/mol. The van der Waals surface area contributed by atoms with E-state index < -0.39 is 15.9 Å². The Morgan fingerprint density at radius 2 is 1.59 bits per heavy atom. The molecule has 29 heavy (non-hydrogen) atoms. The molecule has 0 radical (unpaired) electrons. The number of benzene rings is 3. The molecule has 150 valence electrons. The summed E-state index contributed by atoms with van der Waals surface area (Å²) in [5.74, 6) is -0.404. The number of nitrogens with one attached hydrogen (secondary N) is 2. The van der Waals surface area contributed by atoms with Gasteiger partial charge in [0.05, 0.1) is 21.5 Å². The van der Waals surface area contributed by atoms with E-state index in [1.165, 1.54) is 42.5 Å². The lowest BCUT2D eigenvalue weighted by Gasteiger charge is -2.16. The third-order valence-corrected chi connectivity index (χ3v) is 6.21. The fourth-order valence-corrected chi connectivity index (χ4v) is 4.07. The molecule has 0 spiro atoms. The third-order valence-electron chi connectivity index (χ3n) is 4.23. The van der Waals surface area contributed by atoms with E-state index >= 15 is 0 Å². The van der Waals surface area contributed by atoms with Crippen molar-refractivity contribution in [2.75, 3.05) is 4.72 Å². The highest BCUT2D eigenvalue weighted by Gasteiger charge is 2.18. The van der Waals surface area contributed by atoms with E-state index in [4.69, 9.17) is 23.2 Å². The van der Waals surface area contributed by atoms with Crippen LogP contribution in [0.1, 0.15) is 28.9 Å². The molecule has 0 unspecified atom stereocenters. The van der Waals surface area contributed by atoms with Gasteiger partial charge in [0, 0.05) is 10.7 Å². The second kappa shape index (κ2) is 8.86. The summed E-state index contributed by atoms with van der Waals surface area (Å²) in [6.07, 6.45) is 0. The second-order valence-electron chi connectivity index (χ2n) is 6.36. The summed E-state index contributed by atoms with van der Waals surface area (Å²) < 4.78 is 27.6. The van der Waals surface area contributed by atoms with Crippen LogP contribution in [0, 0.1) is 0 Å². The minimum atomic E-state index is -3.83. The van der Waals surface area contributed by atoms with E-state index in [-0.39, 0.29) is 27.2 Å². The average molecular weight is 449 g/mol. The number of rotatable bonds is 6. The molecule has 0 aliphatic carbocycles. The van der Waals surface area contributed by atoms with Crippen molar-refractivity contribution < 1.29 is 13.2 Å². The molecule has 0 aromatic heterocycles. The van der Waals surface area contributed by atoms with Gasteiger partial charge in [0.2, 0.25) is 0 Å². The Morgan fingerprint density at radius 3 is 2.24 bits per heavy atom. The van der Waals surface area contributed by atoms with Gasteiger partial charge in [-0.25, -0.2) is 8.42 Å². The lowest BCUT2D eigenvalue weighted by atomic mass is 10.1. The minimum absolute atomic E-state index is 0.0561. The number of halogens is 2. The molecule has 0 aliphatic rings. The van der Waals surface area contributed by atoms with E-state index in [1.54, 1.807) is 0 Å². The molecule has 0 saturated carbocycles. The number of carbonyl (C=O) groups is 1. The van der Waals surface area contributed by atoms with E-state index in [9.17, 15) is 13.2 Å². The largest absolute Gasteiger partial charge is 0.345 e. The maximum absolute atomic E-state index is 12.7. The Hall–Kier alpha value is -2.54. The number of anilines is 1. The van der Waals surface area contributed by atoms with Crippen LogP contribution in [0.2, 0.25) is 10.0 Å². The highest BCUT2D eigenvalue weighted by molar-refractivity contribution is 7.92. The van der Waals surface area contributed by atoms with Gasteiger partial charge >= 0.3 is 0 Å². The zero-order valence-corrected chi connectivity index (χ0v) is 17.7. The molecule has 0 heterocycles. The van der Waals surface area contributed by atoms with Crippen molar-refractivity contribution in [3.8, 4) is 0 Å². The fraction of sp³-hybridized carbons (Fsp3) is 0.0952. The Kier molecular flexibility index (Phi) is 6.47. The van der Waals surface area contributed by atoms with E-state index in [0.29, 0.717) is 5.02 Å². The maximum atomic E-state index is 12.7. The van der Waals surface area contributed by atoms with Crippen LogP contribution < -0.4 is 10.0 Å². The average Bonchev–Trinajstić information content (AvgIpc) is 2.70. The molecule has 1 amide bonds. The van der Waals surface area contributed by atoms with Crippen molar-refractivity contribution in [1.82, 2.24) is 5.32 Å².